The molecule has 0 radical (unpaired) electrons. The third kappa shape index (κ3) is 3.02. The van der Waals surface area contributed by atoms with Crippen molar-refractivity contribution in [3.63, 3.8) is 0 Å². The van der Waals surface area contributed by atoms with Crippen LogP contribution in [0.25, 0.3) is 11.3 Å². The molecule has 2 aromatic rings. The highest BCUT2D eigenvalue weighted by molar-refractivity contribution is 8.13. The van der Waals surface area contributed by atoms with Crippen LogP contribution in [0.3, 0.4) is 0 Å². The Morgan fingerprint density at radius 3 is 2.61 bits per heavy atom. The number of aryl methyl sites for hydroxylation is 1. The second-order valence-corrected chi connectivity index (χ2v) is 6.54. The van der Waals surface area contributed by atoms with Gasteiger partial charge < -0.3 is 8.83 Å². The summed E-state index contributed by atoms with van der Waals surface area (Å²) < 4.78 is 31.6. The average molecular weight is 289 g/mol. The second kappa shape index (κ2) is 4.62. The Kier molecular flexibility index (Phi) is 3.32. The third-order valence-corrected chi connectivity index (χ3v) is 3.16. The summed E-state index contributed by atoms with van der Waals surface area (Å²) >= 11 is 0. The van der Waals surface area contributed by atoms with E-state index in [0.29, 0.717) is 5.56 Å². The molecule has 0 saturated heterocycles. The predicted octanol–water partition coefficient (Wildman–Crippen LogP) is 2.28. The van der Waals surface area contributed by atoms with Crippen molar-refractivity contribution in [3.8, 4) is 11.3 Å². The van der Waals surface area contributed by atoms with Crippen molar-refractivity contribution in [2.75, 3.05) is 0 Å². The van der Waals surface area contributed by atoms with E-state index in [1.165, 1.54) is 0 Å². The van der Waals surface area contributed by atoms with Gasteiger partial charge >= 0.3 is 5.82 Å². The minimum Gasteiger partial charge on any atom is -0.394 e. The first kappa shape index (κ1) is 12.9. The summed E-state index contributed by atoms with van der Waals surface area (Å²) in [7, 11) is 1.31. The quantitative estimate of drug-likeness (QED) is 0.810. The summed E-state index contributed by atoms with van der Waals surface area (Å²) in [4.78, 5) is 11.1. The molecule has 0 fully saturated rings. The van der Waals surface area contributed by atoms with E-state index >= 15 is 0 Å². The molecule has 18 heavy (non-hydrogen) atoms. The van der Waals surface area contributed by atoms with Gasteiger partial charge in [-0.15, -0.1) is 0 Å². The molecule has 0 aliphatic carbocycles. The first-order valence-electron chi connectivity index (χ1n) is 4.97. The van der Waals surface area contributed by atoms with Crippen molar-refractivity contribution >= 4 is 19.7 Å². The topological polar surface area (TPSA) is 77.5 Å². The van der Waals surface area contributed by atoms with Gasteiger partial charge in [-0.2, -0.15) is 0 Å². The molecule has 7 heteroatoms. The van der Waals surface area contributed by atoms with Gasteiger partial charge in [0.25, 0.3) is 0 Å². The molecule has 0 N–H and O–H groups in total. The molecule has 1 heterocycles. The average Bonchev–Trinajstić information content (AvgIpc) is 2.56. The summed E-state index contributed by atoms with van der Waals surface area (Å²) in [6, 6.07) is 7.06. The van der Waals surface area contributed by atoms with Gasteiger partial charge in [0.05, 0.1) is 0 Å². The van der Waals surface area contributed by atoms with Gasteiger partial charge in [0.15, 0.2) is 11.5 Å². The zero-order chi connectivity index (χ0) is 13.3. The maximum absolute atomic E-state index is 11.1. The molecule has 0 aliphatic heterocycles. The molecule has 1 aromatic carbocycles. The largest absolute Gasteiger partial charge is 0.519 e. The van der Waals surface area contributed by atoms with E-state index in [1.54, 1.807) is 18.2 Å². The van der Waals surface area contributed by atoms with E-state index < -0.39 is 20.6 Å². The van der Waals surface area contributed by atoms with Crippen LogP contribution in [0.2, 0.25) is 0 Å². The molecule has 0 saturated carbocycles. The van der Waals surface area contributed by atoms with Gasteiger partial charge in [0, 0.05) is 16.2 Å². The lowest BCUT2D eigenvalue weighted by molar-refractivity contribution is 0.380. The van der Waals surface area contributed by atoms with Crippen molar-refractivity contribution in [1.82, 2.24) is 0 Å². The third-order valence-electron chi connectivity index (χ3n) is 2.23. The van der Waals surface area contributed by atoms with Crippen LogP contribution in [0, 0.1) is 6.92 Å². The molecule has 96 valence electrons. The highest BCUT2D eigenvalue weighted by Gasteiger charge is 2.20. The van der Waals surface area contributed by atoms with E-state index in [4.69, 9.17) is 19.5 Å². The van der Waals surface area contributed by atoms with Crippen molar-refractivity contribution in [2.24, 2.45) is 0 Å². The molecular weight excluding hydrogens is 280 g/mol. The molecule has 0 unspecified atom stereocenters. The maximum atomic E-state index is 11.1. The summed E-state index contributed by atoms with van der Waals surface area (Å²) in [5, 5.41) is 0. The van der Waals surface area contributed by atoms with Gasteiger partial charge in [0.1, 0.15) is 5.75 Å². The van der Waals surface area contributed by atoms with Crippen molar-refractivity contribution in [1.29, 1.82) is 0 Å². The fraction of sp³-hybridized carbons (Fsp3) is 0.182. The van der Waals surface area contributed by atoms with E-state index in [9.17, 15) is 13.2 Å². The molecule has 0 amide bonds. The number of hydrogen-bond donors (Lipinski definition) is 0. The second-order valence-electron chi connectivity index (χ2n) is 3.76. The number of benzene rings is 1. The van der Waals surface area contributed by atoms with Crippen molar-refractivity contribution in [3.05, 3.63) is 46.2 Å². The lowest BCUT2D eigenvalue weighted by atomic mass is 10.1. The van der Waals surface area contributed by atoms with Gasteiger partial charge in [-0.25, -0.2) is 13.2 Å². The fourth-order valence-corrected chi connectivity index (χ4v) is 2.37. The summed E-state index contributed by atoms with van der Waals surface area (Å²) in [5.74, 6) is -1.56. The molecule has 0 atom stereocenters. The number of halogens is 1. The minimum absolute atomic E-state index is 0.0907. The Morgan fingerprint density at radius 2 is 2.00 bits per heavy atom. The fourth-order valence-electron chi connectivity index (χ4n) is 1.57. The van der Waals surface area contributed by atoms with Crippen LogP contribution in [0.5, 0.6) is 0 Å². The highest BCUT2D eigenvalue weighted by Crippen LogP contribution is 2.25. The Morgan fingerprint density at radius 1 is 1.28 bits per heavy atom. The highest BCUT2D eigenvalue weighted by atomic mass is 35.7. The summed E-state index contributed by atoms with van der Waals surface area (Å²) in [6.07, 6.45) is 0. The monoisotopic (exact) mass is 288 g/mol. The summed E-state index contributed by atoms with van der Waals surface area (Å²) in [5.41, 5.74) is 1.51. The number of hydrogen-bond acceptors (Lipinski definition) is 5. The Labute approximate surface area is 107 Å². The standard InChI is InChI=1S/C11H9ClO5S/c1-7-3-2-4-8(5-7)10-9(6-18(12,14)15)16-11(13)17-10/h2-5H,6H2,1H3. The zero-order valence-electron chi connectivity index (χ0n) is 9.34. The van der Waals surface area contributed by atoms with Crippen LogP contribution in [0.4, 0.5) is 0 Å². The Hall–Kier alpha value is -1.53. The molecule has 1 aromatic heterocycles. The van der Waals surface area contributed by atoms with Crippen LogP contribution in [0.15, 0.2) is 37.9 Å². The first-order valence-corrected chi connectivity index (χ1v) is 7.45. The van der Waals surface area contributed by atoms with Gasteiger partial charge in [0.2, 0.25) is 9.05 Å². The van der Waals surface area contributed by atoms with Crippen LogP contribution in [-0.2, 0) is 14.8 Å². The van der Waals surface area contributed by atoms with Crippen LogP contribution in [-0.4, -0.2) is 8.42 Å². The molecule has 0 bridgehead atoms. The van der Waals surface area contributed by atoms with Gasteiger partial charge in [-0.05, 0) is 13.0 Å². The van der Waals surface area contributed by atoms with E-state index in [2.05, 4.69) is 0 Å². The van der Waals surface area contributed by atoms with E-state index in [0.717, 1.165) is 5.56 Å². The molecular formula is C11H9ClO5S. The molecule has 2 rings (SSSR count). The number of rotatable bonds is 3. The smallest absolute Gasteiger partial charge is 0.394 e. The first-order chi connectivity index (χ1) is 8.35. The Bertz CT molecular complexity index is 726. The summed E-state index contributed by atoms with van der Waals surface area (Å²) in [6.45, 7) is 1.86. The van der Waals surface area contributed by atoms with Crippen LogP contribution < -0.4 is 5.82 Å². The van der Waals surface area contributed by atoms with Crippen molar-refractivity contribution in [2.45, 2.75) is 12.7 Å². The SMILES string of the molecule is Cc1cccc(-c2oc(=O)oc2CS(=O)(=O)Cl)c1. The predicted molar refractivity (Wildman–Crippen MR) is 65.9 cm³/mol. The van der Waals surface area contributed by atoms with Crippen molar-refractivity contribution < 1.29 is 17.3 Å². The van der Waals surface area contributed by atoms with Gasteiger partial charge in [-0.1, -0.05) is 23.8 Å². The van der Waals surface area contributed by atoms with E-state index in [-0.39, 0.29) is 11.5 Å². The lowest BCUT2D eigenvalue weighted by Crippen LogP contribution is -1.95. The Balaban J connectivity index is 2.55. The maximum Gasteiger partial charge on any atom is 0.519 e. The molecule has 0 spiro atoms. The van der Waals surface area contributed by atoms with Gasteiger partial charge in [-0.3, -0.25) is 0 Å². The molecule has 0 aliphatic rings. The zero-order valence-corrected chi connectivity index (χ0v) is 10.9. The normalized spacial score (nSPS) is 11.7. The van der Waals surface area contributed by atoms with Crippen LogP contribution >= 0.6 is 10.7 Å². The van der Waals surface area contributed by atoms with Crippen LogP contribution in [0.1, 0.15) is 11.3 Å². The molecule has 5 nitrogen and oxygen atoms in total. The minimum atomic E-state index is -3.82. The van der Waals surface area contributed by atoms with E-state index in [1.807, 2.05) is 13.0 Å². The lowest BCUT2D eigenvalue weighted by Gasteiger charge is -1.99.